The molecule has 8 nitrogen and oxygen atoms in total. The first kappa shape index (κ1) is 21.9. The average molecular weight is 446 g/mol. The van der Waals surface area contributed by atoms with Crippen LogP contribution in [-0.2, 0) is 26.0 Å². The molecule has 2 aliphatic rings. The number of ether oxygens (including phenoxy) is 2. The van der Waals surface area contributed by atoms with Gasteiger partial charge in [0.2, 0.25) is 10.0 Å². The van der Waals surface area contributed by atoms with Crippen molar-refractivity contribution < 1.29 is 22.7 Å². The molecule has 9 heteroatoms. The zero-order valence-corrected chi connectivity index (χ0v) is 18.1. The van der Waals surface area contributed by atoms with Crippen LogP contribution in [-0.4, -0.2) is 76.1 Å². The first-order valence-electron chi connectivity index (χ1n) is 10.4. The SMILES string of the molecule is O=C(Nc1ccc(S(=O)(=O)N2CCOCC2)cc1)c1ccc(CN2CCOCC2)cc1. The summed E-state index contributed by atoms with van der Waals surface area (Å²) in [4.78, 5) is 15.1. The number of sulfonamides is 1. The van der Waals surface area contributed by atoms with Crippen molar-refractivity contribution in [2.75, 3.05) is 57.9 Å². The number of carbonyl (C=O) groups excluding carboxylic acids is 1. The molecule has 0 unspecified atom stereocenters. The van der Waals surface area contributed by atoms with Crippen molar-refractivity contribution in [1.29, 1.82) is 0 Å². The molecule has 1 amide bonds. The van der Waals surface area contributed by atoms with Crippen molar-refractivity contribution in [3.05, 3.63) is 59.7 Å². The van der Waals surface area contributed by atoms with Gasteiger partial charge < -0.3 is 14.8 Å². The molecule has 0 atom stereocenters. The summed E-state index contributed by atoms with van der Waals surface area (Å²) >= 11 is 0. The minimum Gasteiger partial charge on any atom is -0.379 e. The molecule has 31 heavy (non-hydrogen) atoms. The van der Waals surface area contributed by atoms with Gasteiger partial charge in [-0.15, -0.1) is 0 Å². The molecular formula is C22H27N3O5S. The first-order valence-corrected chi connectivity index (χ1v) is 11.8. The van der Waals surface area contributed by atoms with Crippen LogP contribution in [0.5, 0.6) is 0 Å². The van der Waals surface area contributed by atoms with Crippen LogP contribution < -0.4 is 5.32 Å². The van der Waals surface area contributed by atoms with Gasteiger partial charge in [0.15, 0.2) is 0 Å². The Morgan fingerprint density at radius 3 is 2.03 bits per heavy atom. The third-order valence-corrected chi connectivity index (χ3v) is 7.36. The fourth-order valence-electron chi connectivity index (χ4n) is 3.63. The number of carbonyl (C=O) groups is 1. The van der Waals surface area contributed by atoms with Gasteiger partial charge in [0.1, 0.15) is 0 Å². The highest BCUT2D eigenvalue weighted by molar-refractivity contribution is 7.89. The van der Waals surface area contributed by atoms with Gasteiger partial charge >= 0.3 is 0 Å². The molecular weight excluding hydrogens is 418 g/mol. The number of hydrogen-bond acceptors (Lipinski definition) is 6. The predicted molar refractivity (Wildman–Crippen MR) is 117 cm³/mol. The smallest absolute Gasteiger partial charge is 0.255 e. The zero-order chi connectivity index (χ0) is 21.7. The second kappa shape index (κ2) is 9.88. The fourth-order valence-corrected chi connectivity index (χ4v) is 5.04. The van der Waals surface area contributed by atoms with Gasteiger partial charge in [-0.2, -0.15) is 4.31 Å². The number of rotatable bonds is 6. The third-order valence-electron chi connectivity index (χ3n) is 5.45. The van der Waals surface area contributed by atoms with E-state index in [1.807, 2.05) is 24.3 Å². The Balaban J connectivity index is 1.36. The van der Waals surface area contributed by atoms with E-state index in [1.54, 1.807) is 12.1 Å². The minimum atomic E-state index is -3.55. The van der Waals surface area contributed by atoms with Crippen LogP contribution in [0.2, 0.25) is 0 Å². The molecule has 2 saturated heterocycles. The highest BCUT2D eigenvalue weighted by atomic mass is 32.2. The Morgan fingerprint density at radius 2 is 1.42 bits per heavy atom. The van der Waals surface area contributed by atoms with Gasteiger partial charge in [-0.1, -0.05) is 12.1 Å². The van der Waals surface area contributed by atoms with Crippen LogP contribution >= 0.6 is 0 Å². The largest absolute Gasteiger partial charge is 0.379 e. The van der Waals surface area contributed by atoms with Crippen molar-refractivity contribution in [2.45, 2.75) is 11.4 Å². The molecule has 1 N–H and O–H groups in total. The zero-order valence-electron chi connectivity index (χ0n) is 17.3. The number of benzene rings is 2. The van der Waals surface area contributed by atoms with Crippen molar-refractivity contribution >= 4 is 21.6 Å². The van der Waals surface area contributed by atoms with Gasteiger partial charge in [0, 0.05) is 44.0 Å². The van der Waals surface area contributed by atoms with E-state index < -0.39 is 10.0 Å². The van der Waals surface area contributed by atoms with Gasteiger partial charge in [-0.05, 0) is 42.0 Å². The maximum absolute atomic E-state index is 12.7. The van der Waals surface area contributed by atoms with Crippen molar-refractivity contribution in [1.82, 2.24) is 9.21 Å². The van der Waals surface area contributed by atoms with E-state index in [4.69, 9.17) is 9.47 Å². The molecule has 0 aromatic heterocycles. The molecule has 166 valence electrons. The summed E-state index contributed by atoms with van der Waals surface area (Å²) in [5.74, 6) is -0.235. The fraction of sp³-hybridized carbons (Fsp3) is 0.409. The van der Waals surface area contributed by atoms with Crippen molar-refractivity contribution in [3.8, 4) is 0 Å². The Bertz CT molecular complexity index is 981. The van der Waals surface area contributed by atoms with Crippen molar-refractivity contribution in [3.63, 3.8) is 0 Å². The minimum absolute atomic E-state index is 0.208. The number of anilines is 1. The van der Waals surface area contributed by atoms with E-state index in [-0.39, 0.29) is 10.8 Å². The number of morpholine rings is 2. The Kier molecular flexibility index (Phi) is 6.99. The average Bonchev–Trinajstić information content (AvgIpc) is 2.81. The Labute approximate surface area is 182 Å². The van der Waals surface area contributed by atoms with Gasteiger partial charge in [0.05, 0.1) is 31.3 Å². The molecule has 2 heterocycles. The van der Waals surface area contributed by atoms with Crippen LogP contribution in [0.15, 0.2) is 53.4 Å². The summed E-state index contributed by atoms with van der Waals surface area (Å²) in [5.41, 5.74) is 2.25. The quantitative estimate of drug-likeness (QED) is 0.730. The highest BCUT2D eigenvalue weighted by Gasteiger charge is 2.26. The molecule has 2 aliphatic heterocycles. The molecule has 2 aromatic rings. The third kappa shape index (κ3) is 5.50. The Hall–Kier alpha value is -2.30. The van der Waals surface area contributed by atoms with E-state index in [0.717, 1.165) is 38.4 Å². The molecule has 2 fully saturated rings. The lowest BCUT2D eigenvalue weighted by atomic mass is 10.1. The van der Waals surface area contributed by atoms with Crippen LogP contribution in [0.1, 0.15) is 15.9 Å². The molecule has 2 aromatic carbocycles. The summed E-state index contributed by atoms with van der Waals surface area (Å²) in [5, 5.41) is 2.82. The van der Waals surface area contributed by atoms with E-state index >= 15 is 0 Å². The van der Waals surface area contributed by atoms with E-state index in [1.165, 1.54) is 16.4 Å². The number of nitrogens with zero attached hydrogens (tertiary/aromatic N) is 2. The predicted octanol–water partition coefficient (Wildman–Crippen LogP) is 1.79. The standard InChI is InChI=1S/C22H27N3O5S/c26-22(19-3-1-18(2-4-19)17-24-9-13-29-14-10-24)23-20-5-7-21(8-6-20)31(27,28)25-11-15-30-16-12-25/h1-8H,9-17H2,(H,23,26). The van der Waals surface area contributed by atoms with Gasteiger partial charge in [0.25, 0.3) is 5.91 Å². The van der Waals surface area contributed by atoms with E-state index in [2.05, 4.69) is 10.2 Å². The van der Waals surface area contributed by atoms with Crippen molar-refractivity contribution in [2.24, 2.45) is 0 Å². The van der Waals surface area contributed by atoms with Crippen LogP contribution in [0, 0.1) is 0 Å². The molecule has 0 bridgehead atoms. The normalized spacial score (nSPS) is 18.6. The van der Waals surface area contributed by atoms with Gasteiger partial charge in [-0.25, -0.2) is 8.42 Å². The maximum Gasteiger partial charge on any atom is 0.255 e. The highest BCUT2D eigenvalue weighted by Crippen LogP contribution is 2.20. The molecule has 0 aliphatic carbocycles. The van der Waals surface area contributed by atoms with E-state index in [9.17, 15) is 13.2 Å². The topological polar surface area (TPSA) is 88.2 Å². The molecule has 0 saturated carbocycles. The van der Waals surface area contributed by atoms with Gasteiger partial charge in [-0.3, -0.25) is 9.69 Å². The number of nitrogens with one attached hydrogen (secondary N) is 1. The second-order valence-electron chi connectivity index (χ2n) is 7.58. The summed E-state index contributed by atoms with van der Waals surface area (Å²) in [6.45, 7) is 5.69. The second-order valence-corrected chi connectivity index (χ2v) is 9.52. The van der Waals surface area contributed by atoms with Crippen LogP contribution in [0.25, 0.3) is 0 Å². The van der Waals surface area contributed by atoms with E-state index in [0.29, 0.717) is 37.6 Å². The van der Waals surface area contributed by atoms with Crippen LogP contribution in [0.4, 0.5) is 5.69 Å². The van der Waals surface area contributed by atoms with Crippen LogP contribution in [0.3, 0.4) is 0 Å². The lowest BCUT2D eigenvalue weighted by molar-refractivity contribution is 0.0342. The Morgan fingerprint density at radius 1 is 0.839 bits per heavy atom. The molecule has 4 rings (SSSR count). The number of hydrogen-bond donors (Lipinski definition) is 1. The first-order chi connectivity index (χ1) is 15.0. The number of amides is 1. The summed E-state index contributed by atoms with van der Waals surface area (Å²) in [6, 6.07) is 13.8. The summed E-state index contributed by atoms with van der Waals surface area (Å²) < 4.78 is 37.4. The maximum atomic E-state index is 12.7. The summed E-state index contributed by atoms with van der Waals surface area (Å²) in [7, 11) is -3.55. The summed E-state index contributed by atoms with van der Waals surface area (Å²) in [6.07, 6.45) is 0. The molecule has 0 spiro atoms. The lowest BCUT2D eigenvalue weighted by Gasteiger charge is -2.26. The lowest BCUT2D eigenvalue weighted by Crippen LogP contribution is -2.40. The molecule has 0 radical (unpaired) electrons. The monoisotopic (exact) mass is 445 g/mol.